The van der Waals surface area contributed by atoms with E-state index in [4.69, 9.17) is 4.74 Å². The zero-order valence-electron chi connectivity index (χ0n) is 13.2. The Morgan fingerprint density at radius 2 is 2.08 bits per heavy atom. The number of halogens is 2. The van der Waals surface area contributed by atoms with Gasteiger partial charge in [-0.1, -0.05) is 12.1 Å². The Balaban J connectivity index is 1.64. The summed E-state index contributed by atoms with van der Waals surface area (Å²) in [7, 11) is 0. The van der Waals surface area contributed by atoms with Crippen LogP contribution < -0.4 is 10.1 Å². The quantitative estimate of drug-likeness (QED) is 0.867. The Labute approximate surface area is 139 Å². The second kappa shape index (κ2) is 6.83. The van der Waals surface area contributed by atoms with Gasteiger partial charge in [0.15, 0.2) is 0 Å². The Hall–Kier alpha value is -2.69. The summed E-state index contributed by atoms with van der Waals surface area (Å²) in [5.41, 5.74) is 2.26. The van der Waals surface area contributed by atoms with Crippen LogP contribution in [-0.4, -0.2) is 12.5 Å². The van der Waals surface area contributed by atoms with E-state index in [1.54, 1.807) is 0 Å². The van der Waals surface area contributed by atoms with E-state index in [2.05, 4.69) is 5.32 Å². The van der Waals surface area contributed by atoms with Gasteiger partial charge in [0.2, 0.25) is 5.91 Å². The number of fused-ring (bicyclic) bond motifs is 1. The number of carbonyl (C=O) groups is 1. The van der Waals surface area contributed by atoms with Crippen LogP contribution in [0.5, 0.6) is 5.75 Å². The van der Waals surface area contributed by atoms with Gasteiger partial charge >= 0.3 is 0 Å². The Morgan fingerprint density at radius 1 is 1.25 bits per heavy atom. The zero-order chi connectivity index (χ0) is 17.1. The van der Waals surface area contributed by atoms with Crippen LogP contribution in [-0.2, 0) is 11.2 Å². The molecule has 0 fully saturated rings. The molecule has 0 aliphatic carbocycles. The number of rotatable bonds is 4. The third-order valence-corrected chi connectivity index (χ3v) is 3.96. The van der Waals surface area contributed by atoms with Gasteiger partial charge in [-0.05, 0) is 42.3 Å². The summed E-state index contributed by atoms with van der Waals surface area (Å²) < 4.78 is 31.9. The van der Waals surface area contributed by atoms with Gasteiger partial charge in [0.05, 0.1) is 12.6 Å². The minimum atomic E-state index is -0.706. The highest BCUT2D eigenvalue weighted by Crippen LogP contribution is 2.28. The van der Waals surface area contributed by atoms with Crippen molar-refractivity contribution in [2.45, 2.75) is 19.4 Å². The number of hydrogen-bond donors (Lipinski definition) is 1. The molecule has 0 bridgehead atoms. The van der Waals surface area contributed by atoms with Crippen molar-refractivity contribution in [3.8, 4) is 5.75 Å². The monoisotopic (exact) mass is 329 g/mol. The lowest BCUT2D eigenvalue weighted by molar-refractivity contribution is -0.117. The lowest BCUT2D eigenvalue weighted by Gasteiger charge is -2.14. The average Bonchev–Trinajstić information content (AvgIpc) is 3.01. The first-order chi connectivity index (χ1) is 11.5. The van der Waals surface area contributed by atoms with Crippen molar-refractivity contribution in [1.82, 2.24) is 5.32 Å². The summed E-state index contributed by atoms with van der Waals surface area (Å²) in [5.74, 6) is -0.852. The zero-order valence-corrected chi connectivity index (χ0v) is 13.2. The van der Waals surface area contributed by atoms with Gasteiger partial charge in [0.1, 0.15) is 17.4 Å². The maximum atomic E-state index is 13.5. The second-order valence-corrected chi connectivity index (χ2v) is 5.70. The molecule has 124 valence electrons. The molecule has 24 heavy (non-hydrogen) atoms. The predicted octanol–water partition coefficient (Wildman–Crippen LogP) is 3.79. The SMILES string of the molecule is CC(NC(=O)/C=C/c1ccc(F)cc1F)c1ccc2c(c1)OCC2. The predicted molar refractivity (Wildman–Crippen MR) is 87.6 cm³/mol. The molecule has 1 N–H and O–H groups in total. The summed E-state index contributed by atoms with van der Waals surface area (Å²) in [6.45, 7) is 2.55. The van der Waals surface area contributed by atoms with Crippen molar-refractivity contribution in [2.75, 3.05) is 6.61 Å². The number of nitrogens with one attached hydrogen (secondary N) is 1. The van der Waals surface area contributed by atoms with Crippen LogP contribution in [0.4, 0.5) is 8.78 Å². The molecule has 3 rings (SSSR count). The van der Waals surface area contributed by atoms with Crippen LogP contribution in [0.3, 0.4) is 0 Å². The number of amides is 1. The highest BCUT2D eigenvalue weighted by molar-refractivity contribution is 5.92. The first-order valence-electron chi connectivity index (χ1n) is 7.72. The topological polar surface area (TPSA) is 38.3 Å². The first kappa shape index (κ1) is 16.2. The summed E-state index contributed by atoms with van der Waals surface area (Å²) in [6, 6.07) is 8.89. The fourth-order valence-corrected chi connectivity index (χ4v) is 2.60. The van der Waals surface area contributed by atoms with Crippen LogP contribution in [0.25, 0.3) is 6.08 Å². The van der Waals surface area contributed by atoms with Gasteiger partial charge in [-0.15, -0.1) is 0 Å². The molecule has 1 aliphatic rings. The van der Waals surface area contributed by atoms with Crippen molar-refractivity contribution in [3.63, 3.8) is 0 Å². The largest absolute Gasteiger partial charge is 0.493 e. The molecule has 1 heterocycles. The second-order valence-electron chi connectivity index (χ2n) is 5.70. The Bertz CT molecular complexity index is 802. The molecule has 0 saturated carbocycles. The molecule has 1 amide bonds. The molecule has 1 atom stereocenters. The van der Waals surface area contributed by atoms with Gasteiger partial charge in [-0.2, -0.15) is 0 Å². The number of benzene rings is 2. The van der Waals surface area contributed by atoms with Crippen molar-refractivity contribution in [3.05, 3.63) is 70.8 Å². The molecule has 0 spiro atoms. The molecule has 3 nitrogen and oxygen atoms in total. The molecular weight excluding hydrogens is 312 g/mol. The summed E-state index contributed by atoms with van der Waals surface area (Å²) in [4.78, 5) is 12.0. The van der Waals surface area contributed by atoms with Gasteiger partial charge in [-0.25, -0.2) is 8.78 Å². The summed E-state index contributed by atoms with van der Waals surface area (Å²) >= 11 is 0. The van der Waals surface area contributed by atoms with Crippen molar-refractivity contribution in [1.29, 1.82) is 0 Å². The lowest BCUT2D eigenvalue weighted by atomic mass is 10.0. The Morgan fingerprint density at radius 3 is 2.88 bits per heavy atom. The van der Waals surface area contributed by atoms with Gasteiger partial charge in [-0.3, -0.25) is 4.79 Å². The summed E-state index contributed by atoms with van der Waals surface area (Å²) in [6.07, 6.45) is 3.46. The minimum Gasteiger partial charge on any atom is -0.493 e. The van der Waals surface area contributed by atoms with E-state index in [1.165, 1.54) is 23.8 Å². The van der Waals surface area contributed by atoms with E-state index in [9.17, 15) is 13.6 Å². The highest BCUT2D eigenvalue weighted by atomic mass is 19.1. The molecule has 2 aromatic carbocycles. The Kier molecular flexibility index (Phi) is 4.60. The van der Waals surface area contributed by atoms with Crippen LogP contribution in [0.1, 0.15) is 29.7 Å². The normalized spacial score (nSPS) is 14.3. The third kappa shape index (κ3) is 3.62. The van der Waals surface area contributed by atoms with E-state index in [0.717, 1.165) is 29.9 Å². The molecular formula is C19H17F2NO2. The molecule has 0 saturated heterocycles. The van der Waals surface area contributed by atoms with Gasteiger partial charge in [0.25, 0.3) is 0 Å². The number of carbonyl (C=O) groups excluding carboxylic acids is 1. The maximum Gasteiger partial charge on any atom is 0.244 e. The smallest absolute Gasteiger partial charge is 0.244 e. The van der Waals surface area contributed by atoms with E-state index in [1.807, 2.05) is 25.1 Å². The first-order valence-corrected chi connectivity index (χ1v) is 7.72. The molecule has 2 aromatic rings. The minimum absolute atomic E-state index is 0.158. The third-order valence-electron chi connectivity index (χ3n) is 3.96. The van der Waals surface area contributed by atoms with Gasteiger partial charge < -0.3 is 10.1 Å². The molecule has 0 aromatic heterocycles. The van der Waals surface area contributed by atoms with Crippen molar-refractivity contribution < 1.29 is 18.3 Å². The fourth-order valence-electron chi connectivity index (χ4n) is 2.60. The van der Waals surface area contributed by atoms with E-state index >= 15 is 0 Å². The van der Waals surface area contributed by atoms with E-state index in [0.29, 0.717) is 6.61 Å². The molecule has 1 unspecified atom stereocenters. The van der Waals surface area contributed by atoms with Crippen LogP contribution >= 0.6 is 0 Å². The fraction of sp³-hybridized carbons (Fsp3) is 0.211. The molecule has 0 radical (unpaired) electrons. The van der Waals surface area contributed by atoms with Crippen molar-refractivity contribution in [2.24, 2.45) is 0 Å². The summed E-state index contributed by atoms with van der Waals surface area (Å²) in [5, 5.41) is 2.81. The van der Waals surface area contributed by atoms with Crippen LogP contribution in [0.2, 0.25) is 0 Å². The van der Waals surface area contributed by atoms with Crippen LogP contribution in [0, 0.1) is 11.6 Å². The van der Waals surface area contributed by atoms with Crippen LogP contribution in [0.15, 0.2) is 42.5 Å². The maximum absolute atomic E-state index is 13.5. The average molecular weight is 329 g/mol. The highest BCUT2D eigenvalue weighted by Gasteiger charge is 2.15. The molecule has 5 heteroatoms. The van der Waals surface area contributed by atoms with E-state index < -0.39 is 11.6 Å². The lowest BCUT2D eigenvalue weighted by Crippen LogP contribution is -2.24. The van der Waals surface area contributed by atoms with E-state index in [-0.39, 0.29) is 17.5 Å². The standard InChI is InChI=1S/C19H17F2NO2/c1-12(15-3-2-14-8-9-24-18(14)10-15)22-19(23)7-5-13-4-6-16(20)11-17(13)21/h2-7,10-12H,8-9H2,1H3,(H,22,23)/b7-5+. The number of hydrogen-bond acceptors (Lipinski definition) is 2. The van der Waals surface area contributed by atoms with Gasteiger partial charge in [0, 0.05) is 24.1 Å². The number of ether oxygens (including phenoxy) is 1. The van der Waals surface area contributed by atoms with Crippen molar-refractivity contribution >= 4 is 12.0 Å². The molecule has 1 aliphatic heterocycles.